The zero-order valence-corrected chi connectivity index (χ0v) is 17.1. The van der Waals surface area contributed by atoms with Gasteiger partial charge in [-0.25, -0.2) is 0 Å². The number of methoxy groups -OCH3 is 1. The zero-order chi connectivity index (χ0) is 20.1. The Kier molecular flexibility index (Phi) is 6.43. The van der Waals surface area contributed by atoms with E-state index in [4.69, 9.17) is 9.47 Å². The Bertz CT molecular complexity index is 932. The van der Waals surface area contributed by atoms with Crippen LogP contribution < -0.4 is 4.74 Å². The van der Waals surface area contributed by atoms with E-state index in [2.05, 4.69) is 33.7 Å². The fraction of sp³-hybridized carbons (Fsp3) is 0.381. The van der Waals surface area contributed by atoms with Gasteiger partial charge < -0.3 is 14.6 Å². The Morgan fingerprint density at radius 3 is 2.86 bits per heavy atom. The molecular weight excluding hydrogens is 388 g/mol. The van der Waals surface area contributed by atoms with Gasteiger partial charge in [0, 0.05) is 5.75 Å². The van der Waals surface area contributed by atoms with Crippen molar-refractivity contribution < 1.29 is 14.6 Å². The Labute approximate surface area is 174 Å². The number of hydrogen-bond acceptors (Lipinski definition) is 7. The summed E-state index contributed by atoms with van der Waals surface area (Å²) in [4.78, 5) is 0. The number of aliphatic hydroxyl groups excluding tert-OH is 1. The largest absolute Gasteiger partial charge is 0.497 e. The van der Waals surface area contributed by atoms with Crippen molar-refractivity contribution in [3.8, 4) is 11.4 Å². The number of fused-ring (bicyclic) bond motifs is 1. The summed E-state index contributed by atoms with van der Waals surface area (Å²) in [6.45, 7) is 0.288. The third kappa shape index (κ3) is 4.77. The van der Waals surface area contributed by atoms with Gasteiger partial charge in [-0.1, -0.05) is 36.0 Å². The minimum absolute atomic E-state index is 0.0595. The molecule has 1 aliphatic carbocycles. The van der Waals surface area contributed by atoms with E-state index >= 15 is 0 Å². The standard InChI is InChI=1S/C21H24N4O3S/c1-27-18-11-9-16(10-12-18)25-21(22-23-24-25)29-14-17(26)13-28-20-8-4-6-15-5-2-3-7-19(15)20/h2-3,5,7,9-12,17,20,26H,4,6,8,13-14H2,1H3/t17-,20+/m0/s1. The molecule has 2 aromatic carbocycles. The number of aliphatic hydroxyl groups is 1. The zero-order valence-electron chi connectivity index (χ0n) is 16.3. The van der Waals surface area contributed by atoms with Crippen LogP contribution in [-0.2, 0) is 11.2 Å². The Balaban J connectivity index is 1.32. The van der Waals surface area contributed by atoms with Crippen LogP contribution in [0.5, 0.6) is 5.75 Å². The molecule has 152 valence electrons. The van der Waals surface area contributed by atoms with Crippen molar-refractivity contribution in [1.82, 2.24) is 20.2 Å². The third-order valence-corrected chi connectivity index (χ3v) is 6.03. The molecule has 0 unspecified atom stereocenters. The number of aryl methyl sites for hydroxylation is 1. The predicted molar refractivity (Wildman–Crippen MR) is 111 cm³/mol. The van der Waals surface area contributed by atoms with Crippen LogP contribution in [0.1, 0.15) is 30.1 Å². The summed E-state index contributed by atoms with van der Waals surface area (Å²) in [5.41, 5.74) is 3.44. The van der Waals surface area contributed by atoms with Gasteiger partial charge in [-0.15, -0.1) is 5.10 Å². The van der Waals surface area contributed by atoms with E-state index in [1.54, 1.807) is 11.8 Å². The number of thioether (sulfide) groups is 1. The first-order chi connectivity index (χ1) is 14.2. The van der Waals surface area contributed by atoms with Gasteiger partial charge in [-0.2, -0.15) is 4.68 Å². The summed E-state index contributed by atoms with van der Waals surface area (Å²) >= 11 is 1.40. The highest BCUT2D eigenvalue weighted by molar-refractivity contribution is 7.99. The van der Waals surface area contributed by atoms with Crippen LogP contribution >= 0.6 is 11.8 Å². The van der Waals surface area contributed by atoms with Gasteiger partial charge in [-0.3, -0.25) is 0 Å². The third-order valence-electron chi connectivity index (χ3n) is 4.97. The summed E-state index contributed by atoms with van der Waals surface area (Å²) in [5.74, 6) is 1.22. The highest BCUT2D eigenvalue weighted by Crippen LogP contribution is 2.32. The average molecular weight is 413 g/mol. The van der Waals surface area contributed by atoms with Crippen LogP contribution in [0.4, 0.5) is 0 Å². The fourth-order valence-corrected chi connectivity index (χ4v) is 4.28. The number of ether oxygens (including phenoxy) is 2. The summed E-state index contributed by atoms with van der Waals surface area (Å²) in [6, 6.07) is 15.9. The second-order valence-electron chi connectivity index (χ2n) is 6.95. The molecule has 0 fully saturated rings. The minimum Gasteiger partial charge on any atom is -0.497 e. The van der Waals surface area contributed by atoms with Gasteiger partial charge in [0.15, 0.2) is 0 Å². The van der Waals surface area contributed by atoms with Crippen LogP contribution in [-0.4, -0.2) is 50.9 Å². The van der Waals surface area contributed by atoms with Crippen molar-refractivity contribution in [3.05, 3.63) is 59.7 Å². The van der Waals surface area contributed by atoms with E-state index in [0.29, 0.717) is 10.9 Å². The van der Waals surface area contributed by atoms with Gasteiger partial charge in [0.1, 0.15) is 5.75 Å². The fourth-order valence-electron chi connectivity index (χ4n) is 3.48. The smallest absolute Gasteiger partial charge is 0.214 e. The number of aromatic nitrogens is 4. The molecule has 1 heterocycles. The molecule has 7 nitrogen and oxygen atoms in total. The summed E-state index contributed by atoms with van der Waals surface area (Å²) in [7, 11) is 1.63. The lowest BCUT2D eigenvalue weighted by atomic mass is 9.89. The predicted octanol–water partition coefficient (Wildman–Crippen LogP) is 3.22. The van der Waals surface area contributed by atoms with E-state index < -0.39 is 6.10 Å². The highest BCUT2D eigenvalue weighted by Gasteiger charge is 2.21. The highest BCUT2D eigenvalue weighted by atomic mass is 32.2. The SMILES string of the molecule is COc1ccc(-n2nnnc2SC[C@@H](O)CO[C@@H]2CCCc3ccccc32)cc1. The lowest BCUT2D eigenvalue weighted by Gasteiger charge is -2.26. The summed E-state index contributed by atoms with van der Waals surface area (Å²) in [6.07, 6.45) is 2.66. The van der Waals surface area contributed by atoms with Crippen molar-refractivity contribution in [2.24, 2.45) is 0 Å². The molecule has 4 rings (SSSR count). The van der Waals surface area contributed by atoms with E-state index in [1.807, 2.05) is 30.3 Å². The molecule has 0 saturated heterocycles. The minimum atomic E-state index is -0.602. The Morgan fingerprint density at radius 1 is 1.21 bits per heavy atom. The number of tetrazole rings is 1. The number of nitrogens with zero attached hydrogens (tertiary/aromatic N) is 4. The van der Waals surface area contributed by atoms with Crippen molar-refractivity contribution in [1.29, 1.82) is 0 Å². The molecule has 1 N–H and O–H groups in total. The second kappa shape index (κ2) is 9.39. The van der Waals surface area contributed by atoms with Gasteiger partial charge in [0.2, 0.25) is 5.16 Å². The maximum Gasteiger partial charge on any atom is 0.214 e. The number of hydrogen-bond donors (Lipinski definition) is 1. The Morgan fingerprint density at radius 2 is 2.03 bits per heavy atom. The molecule has 29 heavy (non-hydrogen) atoms. The molecule has 1 aliphatic rings. The molecule has 0 saturated carbocycles. The number of rotatable bonds is 8. The topological polar surface area (TPSA) is 82.3 Å². The lowest BCUT2D eigenvalue weighted by Crippen LogP contribution is -2.22. The molecule has 0 radical (unpaired) electrons. The Hall–Kier alpha value is -2.42. The van der Waals surface area contributed by atoms with Crippen LogP contribution in [0, 0.1) is 0 Å². The molecule has 0 spiro atoms. The van der Waals surface area contributed by atoms with Crippen molar-refractivity contribution in [2.45, 2.75) is 36.6 Å². The van der Waals surface area contributed by atoms with Gasteiger partial charge in [0.05, 0.1) is 31.6 Å². The van der Waals surface area contributed by atoms with E-state index in [0.717, 1.165) is 30.7 Å². The van der Waals surface area contributed by atoms with E-state index in [-0.39, 0.29) is 12.7 Å². The van der Waals surface area contributed by atoms with Crippen molar-refractivity contribution in [2.75, 3.05) is 19.5 Å². The van der Waals surface area contributed by atoms with Crippen LogP contribution in [0.15, 0.2) is 53.7 Å². The first-order valence-corrected chi connectivity index (χ1v) is 10.7. The van der Waals surface area contributed by atoms with Crippen LogP contribution in [0.25, 0.3) is 5.69 Å². The molecular formula is C21H24N4O3S. The number of benzene rings is 2. The first-order valence-electron chi connectivity index (χ1n) is 9.67. The summed E-state index contributed by atoms with van der Waals surface area (Å²) < 4.78 is 12.9. The normalized spacial score (nSPS) is 17.0. The summed E-state index contributed by atoms with van der Waals surface area (Å²) in [5, 5.41) is 22.9. The van der Waals surface area contributed by atoms with Crippen molar-refractivity contribution >= 4 is 11.8 Å². The van der Waals surface area contributed by atoms with Gasteiger partial charge in [-0.05, 0) is 65.1 Å². The monoisotopic (exact) mass is 412 g/mol. The maximum atomic E-state index is 10.4. The van der Waals surface area contributed by atoms with Crippen LogP contribution in [0.3, 0.4) is 0 Å². The lowest BCUT2D eigenvalue weighted by molar-refractivity contribution is -0.00960. The van der Waals surface area contributed by atoms with Crippen LogP contribution in [0.2, 0.25) is 0 Å². The molecule has 1 aromatic heterocycles. The van der Waals surface area contributed by atoms with Gasteiger partial charge >= 0.3 is 0 Å². The molecule has 0 aliphatic heterocycles. The van der Waals surface area contributed by atoms with Gasteiger partial charge in [0.25, 0.3) is 0 Å². The van der Waals surface area contributed by atoms with E-state index in [1.165, 1.54) is 22.9 Å². The quantitative estimate of drug-likeness (QED) is 0.569. The molecule has 2 atom stereocenters. The molecule has 0 amide bonds. The van der Waals surface area contributed by atoms with Crippen molar-refractivity contribution in [3.63, 3.8) is 0 Å². The molecule has 3 aromatic rings. The molecule has 8 heteroatoms. The molecule has 0 bridgehead atoms. The average Bonchev–Trinajstić information content (AvgIpc) is 3.25. The first kappa shape index (κ1) is 19.9. The maximum absolute atomic E-state index is 10.4. The second-order valence-corrected chi connectivity index (χ2v) is 7.94. The van der Waals surface area contributed by atoms with E-state index in [9.17, 15) is 5.11 Å².